The summed E-state index contributed by atoms with van der Waals surface area (Å²) in [4.78, 5) is 0. The predicted molar refractivity (Wildman–Crippen MR) is 83.6 cm³/mol. The second-order valence-electron chi connectivity index (χ2n) is 5.11. The fraction of sp³-hybridized carbons (Fsp3) is 0.333. The maximum Gasteiger partial charge on any atom is 0.0588 e. The summed E-state index contributed by atoms with van der Waals surface area (Å²) in [5.41, 5.74) is 2.53. The van der Waals surface area contributed by atoms with Crippen molar-refractivity contribution >= 4 is 0 Å². The summed E-state index contributed by atoms with van der Waals surface area (Å²) in [6, 6.07) is 21.1. The van der Waals surface area contributed by atoms with Crippen molar-refractivity contribution in [3.8, 4) is 0 Å². The van der Waals surface area contributed by atoms with Crippen LogP contribution in [0.4, 0.5) is 0 Å². The van der Waals surface area contributed by atoms with Crippen LogP contribution in [0.15, 0.2) is 60.7 Å². The molecule has 2 N–H and O–H groups in total. The lowest BCUT2D eigenvalue weighted by molar-refractivity contribution is 0.229. The van der Waals surface area contributed by atoms with Gasteiger partial charge in [0.1, 0.15) is 0 Å². The molecule has 1 unspecified atom stereocenters. The first-order valence-corrected chi connectivity index (χ1v) is 7.29. The number of hydrogen-bond donors (Lipinski definition) is 2. The summed E-state index contributed by atoms with van der Waals surface area (Å²) < 4.78 is 0. The van der Waals surface area contributed by atoms with E-state index >= 15 is 0 Å². The van der Waals surface area contributed by atoms with Gasteiger partial charge in [0, 0.05) is 12.1 Å². The van der Waals surface area contributed by atoms with Crippen LogP contribution in [0.5, 0.6) is 0 Å². The molecular formula is C18H23NO. The quantitative estimate of drug-likeness (QED) is 0.808. The molecule has 0 aliphatic carbocycles. The Labute approximate surface area is 121 Å². The van der Waals surface area contributed by atoms with Crippen LogP contribution in [0.1, 0.15) is 30.5 Å². The molecule has 0 aliphatic rings. The van der Waals surface area contributed by atoms with Gasteiger partial charge in [-0.25, -0.2) is 0 Å². The van der Waals surface area contributed by atoms with Crippen molar-refractivity contribution in [2.24, 2.45) is 0 Å². The molecule has 106 valence electrons. The number of nitrogens with one attached hydrogen (secondary N) is 1. The van der Waals surface area contributed by atoms with Gasteiger partial charge in [0.25, 0.3) is 0 Å². The van der Waals surface area contributed by atoms with E-state index in [1.54, 1.807) is 0 Å². The van der Waals surface area contributed by atoms with Crippen LogP contribution in [0.25, 0.3) is 0 Å². The maximum atomic E-state index is 9.62. The second-order valence-corrected chi connectivity index (χ2v) is 5.11. The van der Waals surface area contributed by atoms with E-state index in [4.69, 9.17) is 0 Å². The van der Waals surface area contributed by atoms with Gasteiger partial charge >= 0.3 is 0 Å². The first kappa shape index (κ1) is 14.8. The van der Waals surface area contributed by atoms with Crippen LogP contribution in [0.3, 0.4) is 0 Å². The number of hydrogen-bond acceptors (Lipinski definition) is 2. The fourth-order valence-corrected chi connectivity index (χ4v) is 2.49. The van der Waals surface area contributed by atoms with Gasteiger partial charge in [-0.3, -0.25) is 0 Å². The number of benzene rings is 2. The largest absolute Gasteiger partial charge is 0.395 e. The van der Waals surface area contributed by atoms with E-state index in [1.807, 2.05) is 24.3 Å². The molecule has 0 aromatic heterocycles. The fourth-order valence-electron chi connectivity index (χ4n) is 2.49. The van der Waals surface area contributed by atoms with Crippen LogP contribution < -0.4 is 5.32 Å². The van der Waals surface area contributed by atoms with Crippen LogP contribution in [0, 0.1) is 0 Å². The highest BCUT2D eigenvalue weighted by Gasteiger charge is 2.15. The first-order valence-electron chi connectivity index (χ1n) is 7.29. The number of aliphatic hydroxyl groups is 1. The molecule has 2 nitrogen and oxygen atoms in total. The van der Waals surface area contributed by atoms with Crippen molar-refractivity contribution in [2.45, 2.75) is 31.8 Å². The monoisotopic (exact) mass is 269 g/mol. The zero-order valence-corrected chi connectivity index (χ0v) is 12.0. The Hall–Kier alpha value is -1.64. The number of rotatable bonds is 7. The third-order valence-electron chi connectivity index (χ3n) is 3.59. The predicted octanol–water partition coefficient (Wildman–Crippen LogP) is 3.33. The van der Waals surface area contributed by atoms with Gasteiger partial charge in [-0.05, 0) is 24.0 Å². The van der Waals surface area contributed by atoms with Crippen LogP contribution in [-0.4, -0.2) is 17.8 Å². The zero-order valence-electron chi connectivity index (χ0n) is 12.0. The average Bonchev–Trinajstić information content (AvgIpc) is 2.53. The summed E-state index contributed by atoms with van der Waals surface area (Å²) in [6.07, 6.45) is 1.86. The van der Waals surface area contributed by atoms with Crippen molar-refractivity contribution in [3.05, 3.63) is 71.8 Å². The molecule has 0 saturated carbocycles. The van der Waals surface area contributed by atoms with E-state index in [9.17, 15) is 5.11 Å². The Balaban J connectivity index is 2.01. The lowest BCUT2D eigenvalue weighted by atomic mass is 10.0. The van der Waals surface area contributed by atoms with Gasteiger partial charge in [-0.15, -0.1) is 0 Å². The van der Waals surface area contributed by atoms with Crippen LogP contribution in [-0.2, 0) is 6.42 Å². The van der Waals surface area contributed by atoms with Gasteiger partial charge in [-0.1, -0.05) is 67.6 Å². The van der Waals surface area contributed by atoms with Gasteiger partial charge < -0.3 is 10.4 Å². The maximum absolute atomic E-state index is 9.62. The minimum Gasteiger partial charge on any atom is -0.395 e. The molecular weight excluding hydrogens is 246 g/mol. The lowest BCUT2D eigenvalue weighted by Gasteiger charge is -2.24. The van der Waals surface area contributed by atoms with Gasteiger partial charge in [0.05, 0.1) is 6.61 Å². The Morgan fingerprint density at radius 1 is 0.950 bits per heavy atom. The average molecular weight is 269 g/mol. The van der Waals surface area contributed by atoms with Crippen LogP contribution >= 0.6 is 0 Å². The van der Waals surface area contributed by atoms with Crippen molar-refractivity contribution < 1.29 is 5.11 Å². The number of aliphatic hydroxyl groups excluding tert-OH is 1. The van der Waals surface area contributed by atoms with E-state index < -0.39 is 0 Å². The second kappa shape index (κ2) is 7.83. The zero-order chi connectivity index (χ0) is 14.2. The van der Waals surface area contributed by atoms with Gasteiger partial charge in [0.15, 0.2) is 0 Å². The third-order valence-corrected chi connectivity index (χ3v) is 3.59. The molecule has 2 aromatic rings. The molecule has 0 spiro atoms. The summed E-state index contributed by atoms with van der Waals surface area (Å²) >= 11 is 0. The molecule has 0 heterocycles. The Morgan fingerprint density at radius 3 is 2.10 bits per heavy atom. The Morgan fingerprint density at radius 2 is 1.55 bits per heavy atom. The third kappa shape index (κ3) is 4.19. The Kier molecular flexibility index (Phi) is 5.78. The molecule has 2 rings (SSSR count). The molecule has 2 heteroatoms. The van der Waals surface area contributed by atoms with E-state index in [2.05, 4.69) is 48.6 Å². The smallest absolute Gasteiger partial charge is 0.0588 e. The summed E-state index contributed by atoms with van der Waals surface area (Å²) in [5.74, 6) is 0. The van der Waals surface area contributed by atoms with E-state index in [1.165, 1.54) is 11.1 Å². The van der Waals surface area contributed by atoms with Crippen molar-refractivity contribution in [1.82, 2.24) is 5.32 Å². The first-order chi connectivity index (χ1) is 9.83. The minimum atomic E-state index is 0.0857. The summed E-state index contributed by atoms with van der Waals surface area (Å²) in [6.45, 7) is 2.32. The van der Waals surface area contributed by atoms with Gasteiger partial charge in [-0.2, -0.15) is 0 Å². The molecule has 0 radical (unpaired) electrons. The molecule has 0 saturated heterocycles. The highest BCUT2D eigenvalue weighted by atomic mass is 16.3. The normalized spacial score (nSPS) is 13.9. The van der Waals surface area contributed by atoms with Crippen LogP contribution in [0.2, 0.25) is 0 Å². The standard InChI is InChI=1S/C18H23NO/c1-2-18(16-11-7-4-8-12-16)19-17(14-20)13-15-9-5-3-6-10-15/h3-12,17-20H,2,13-14H2,1H3/t17-,18?/m1/s1. The molecule has 0 fully saturated rings. The molecule has 0 aliphatic heterocycles. The lowest BCUT2D eigenvalue weighted by Crippen LogP contribution is -2.37. The molecule has 0 bridgehead atoms. The molecule has 2 atom stereocenters. The van der Waals surface area contributed by atoms with Crippen molar-refractivity contribution in [2.75, 3.05) is 6.61 Å². The summed E-state index contributed by atoms with van der Waals surface area (Å²) in [7, 11) is 0. The van der Waals surface area contributed by atoms with Crippen molar-refractivity contribution in [1.29, 1.82) is 0 Å². The molecule has 20 heavy (non-hydrogen) atoms. The Bertz CT molecular complexity index is 483. The van der Waals surface area contributed by atoms with Gasteiger partial charge in [0.2, 0.25) is 0 Å². The minimum absolute atomic E-state index is 0.0857. The van der Waals surface area contributed by atoms with E-state index in [0.717, 1.165) is 12.8 Å². The molecule has 0 amide bonds. The highest BCUT2D eigenvalue weighted by Crippen LogP contribution is 2.17. The summed E-state index contributed by atoms with van der Waals surface area (Å²) in [5, 5.41) is 13.2. The SMILES string of the molecule is CCC(N[C@@H](CO)Cc1ccccc1)c1ccccc1. The topological polar surface area (TPSA) is 32.3 Å². The van der Waals surface area contributed by atoms with E-state index in [-0.39, 0.29) is 18.7 Å². The van der Waals surface area contributed by atoms with Crippen molar-refractivity contribution in [3.63, 3.8) is 0 Å². The van der Waals surface area contributed by atoms with E-state index in [0.29, 0.717) is 0 Å². The molecule has 2 aromatic carbocycles. The highest BCUT2D eigenvalue weighted by molar-refractivity contribution is 5.20.